The van der Waals surface area contributed by atoms with Crippen LogP contribution < -0.4 is 0 Å². The van der Waals surface area contributed by atoms with Gasteiger partial charge in [0.05, 0.1) is 4.87 Å². The van der Waals surface area contributed by atoms with Crippen LogP contribution in [0.2, 0.25) is 0 Å². The quantitative estimate of drug-likeness (QED) is 0.440. The molecule has 0 N–H and O–H groups in total. The van der Waals surface area contributed by atoms with Crippen molar-refractivity contribution in [3.63, 3.8) is 0 Å². The van der Waals surface area contributed by atoms with Gasteiger partial charge in [-0.3, -0.25) is 4.79 Å². The number of hydrogen-bond donors (Lipinski definition) is 0. The smallest absolute Gasteiger partial charge is 0.224 e. The van der Waals surface area contributed by atoms with Crippen molar-refractivity contribution in [1.82, 2.24) is 4.90 Å². The van der Waals surface area contributed by atoms with Crippen LogP contribution in [-0.2, 0) is 32.7 Å². The fourth-order valence-corrected chi connectivity index (χ4v) is 0.445. The number of amides is 2. The average Bonchev–Trinajstić information content (AvgIpc) is 1.85. The van der Waals surface area contributed by atoms with Gasteiger partial charge in [0.2, 0.25) is 12.7 Å². The van der Waals surface area contributed by atoms with E-state index < -0.39 is 6.03 Å². The van der Waals surface area contributed by atoms with Gasteiger partial charge < -0.3 is 12.3 Å². The summed E-state index contributed by atoms with van der Waals surface area (Å²) in [4.78, 5) is 22.0. The van der Waals surface area contributed by atoms with Gasteiger partial charge >= 0.3 is 0 Å². The molecule has 1 aliphatic rings. The molecule has 1 rings (SSSR count). The minimum absolute atomic E-state index is 0. The van der Waals surface area contributed by atoms with Crippen molar-refractivity contribution in [2.24, 2.45) is 0 Å². The molecule has 1 radical (unpaired) electrons. The van der Waals surface area contributed by atoms with E-state index >= 15 is 0 Å². The zero-order valence-corrected chi connectivity index (χ0v) is 8.78. The van der Waals surface area contributed by atoms with Crippen LogP contribution in [0.4, 0.5) is 4.79 Å². The van der Waals surface area contributed by atoms with E-state index in [1.54, 1.807) is 0 Å². The Bertz CT molecular complexity index is 149. The van der Waals surface area contributed by atoms with Crippen LogP contribution in [-0.4, -0.2) is 29.5 Å². The number of urea groups is 1. The fourth-order valence-electron chi connectivity index (χ4n) is 0.445. The predicted molar refractivity (Wildman–Crippen MR) is 31.4 cm³/mol. The first-order chi connectivity index (χ1) is 3.70. The predicted octanol–water partition coefficient (Wildman–Crippen LogP) is 0.525. The van der Waals surface area contributed by atoms with Crippen molar-refractivity contribution >= 4 is 6.03 Å². The minimum Gasteiger partial charge on any atom is -0.377 e. The molecule has 2 amide bonds. The SMILES string of the molecule is CN1C[N+](=O)[N-]C1=O.[CH3-].[Y]. The van der Waals surface area contributed by atoms with Crippen molar-refractivity contribution in [2.45, 2.75) is 0 Å². The Morgan fingerprint density at radius 1 is 1.70 bits per heavy atom. The fraction of sp³-hybridized carbons (Fsp3) is 0.500. The van der Waals surface area contributed by atoms with Crippen LogP contribution in [0, 0.1) is 12.3 Å². The van der Waals surface area contributed by atoms with Gasteiger partial charge in [-0.1, -0.05) is 7.05 Å². The molecule has 0 aromatic carbocycles. The average molecular weight is 219 g/mol. The molecule has 6 heteroatoms. The van der Waals surface area contributed by atoms with E-state index in [2.05, 4.69) is 5.43 Å². The summed E-state index contributed by atoms with van der Waals surface area (Å²) in [6.07, 6.45) is 0. The molecule has 1 saturated heterocycles. The first kappa shape index (κ1) is 12.6. The molecular weight excluding hydrogens is 211 g/mol. The van der Waals surface area contributed by atoms with E-state index in [1.165, 1.54) is 11.9 Å². The van der Waals surface area contributed by atoms with Gasteiger partial charge in [0.1, 0.15) is 0 Å². The summed E-state index contributed by atoms with van der Waals surface area (Å²) in [5.74, 6) is 0. The summed E-state index contributed by atoms with van der Waals surface area (Å²) >= 11 is 0. The van der Waals surface area contributed by atoms with Crippen LogP contribution in [0.25, 0.3) is 5.43 Å². The van der Waals surface area contributed by atoms with Gasteiger partial charge in [0.25, 0.3) is 0 Å². The van der Waals surface area contributed by atoms with E-state index in [9.17, 15) is 9.70 Å². The van der Waals surface area contributed by atoms with Crippen molar-refractivity contribution in [2.75, 3.05) is 13.7 Å². The third-order valence-electron chi connectivity index (χ3n) is 0.857. The van der Waals surface area contributed by atoms with Crippen molar-refractivity contribution < 1.29 is 42.4 Å². The summed E-state index contributed by atoms with van der Waals surface area (Å²) in [5, 5.41) is 0. The molecule has 55 valence electrons. The Balaban J connectivity index is 0. The zero-order chi connectivity index (χ0) is 6.15. The maximum atomic E-state index is 10.3. The second-order valence-electron chi connectivity index (χ2n) is 1.57. The third kappa shape index (κ3) is 2.70. The Morgan fingerprint density at radius 2 is 2.20 bits per heavy atom. The third-order valence-corrected chi connectivity index (χ3v) is 0.857. The number of carbonyl (C=O) groups excluding carboxylic acids is 1. The summed E-state index contributed by atoms with van der Waals surface area (Å²) in [5.41, 5.74) is 3.03. The van der Waals surface area contributed by atoms with Crippen LogP contribution in [0.15, 0.2) is 0 Å². The number of hydrogen-bond acceptors (Lipinski definition) is 2. The number of nitroso groups, excluding NO2 is 1. The van der Waals surface area contributed by atoms with Crippen molar-refractivity contribution in [3.05, 3.63) is 17.8 Å². The monoisotopic (exact) mass is 219 g/mol. The van der Waals surface area contributed by atoms with Crippen LogP contribution in [0.1, 0.15) is 0 Å². The molecule has 0 unspecified atom stereocenters. The van der Waals surface area contributed by atoms with Gasteiger partial charge in [0.15, 0.2) is 0 Å². The maximum absolute atomic E-state index is 10.3. The first-order valence-corrected chi connectivity index (χ1v) is 2.11. The van der Waals surface area contributed by atoms with Gasteiger partial charge in [-0.2, -0.15) is 0 Å². The van der Waals surface area contributed by atoms with E-state index in [1.807, 2.05) is 0 Å². The zero-order valence-electron chi connectivity index (χ0n) is 5.94. The molecule has 0 saturated carbocycles. The van der Waals surface area contributed by atoms with E-state index in [-0.39, 0.29) is 46.8 Å². The largest absolute Gasteiger partial charge is 0.377 e. The van der Waals surface area contributed by atoms with Crippen LogP contribution in [0.5, 0.6) is 0 Å². The standard InChI is InChI=1S/C3H5N3O2.CH3.Y/c1-5-2-6(8)4-3(5)7;;/h2H2,1H3;1H3;/q;-1;. The second-order valence-corrected chi connectivity index (χ2v) is 1.57. The van der Waals surface area contributed by atoms with Gasteiger partial charge in [-0.15, -0.1) is 5.43 Å². The molecule has 0 aliphatic carbocycles. The van der Waals surface area contributed by atoms with Gasteiger partial charge in [-0.25, -0.2) is 0 Å². The molecular formula is C4H8N3O2Y-. The summed E-state index contributed by atoms with van der Waals surface area (Å²) in [6.45, 7) is 0.0544. The van der Waals surface area contributed by atoms with Crippen molar-refractivity contribution in [3.8, 4) is 0 Å². The Hall–Kier alpha value is -0.0261. The maximum Gasteiger partial charge on any atom is 0.224 e. The molecule has 1 heterocycles. The van der Waals surface area contributed by atoms with E-state index in [4.69, 9.17) is 0 Å². The topological polar surface area (TPSA) is 54.5 Å². The van der Waals surface area contributed by atoms with Gasteiger partial charge in [0, 0.05) is 37.6 Å². The summed E-state index contributed by atoms with van der Waals surface area (Å²) in [7, 11) is 1.52. The van der Waals surface area contributed by atoms with Gasteiger partial charge in [-0.05, 0) is 0 Å². The molecule has 0 atom stereocenters. The van der Waals surface area contributed by atoms with Crippen LogP contribution >= 0.6 is 0 Å². The number of rotatable bonds is 0. The Labute approximate surface area is 84.6 Å². The Morgan fingerprint density at radius 3 is 2.30 bits per heavy atom. The molecule has 1 fully saturated rings. The number of nitrogens with zero attached hydrogens (tertiary/aromatic N) is 3. The molecule has 0 aromatic heterocycles. The Kier molecular flexibility index (Phi) is 5.99. The normalized spacial score (nSPS) is 15.5. The van der Waals surface area contributed by atoms with Crippen molar-refractivity contribution in [1.29, 1.82) is 0 Å². The summed E-state index contributed by atoms with van der Waals surface area (Å²) < 4.78 is 0. The number of carbonyl (C=O) groups is 1. The van der Waals surface area contributed by atoms with Crippen LogP contribution in [0.3, 0.4) is 0 Å². The molecule has 0 aromatic rings. The minimum atomic E-state index is -0.472. The summed E-state index contributed by atoms with van der Waals surface area (Å²) in [6, 6.07) is -0.472. The molecule has 0 bridgehead atoms. The first-order valence-electron chi connectivity index (χ1n) is 2.11. The second kappa shape index (κ2) is 4.74. The molecule has 10 heavy (non-hydrogen) atoms. The molecule has 1 aliphatic heterocycles. The van der Waals surface area contributed by atoms with E-state index in [0.29, 0.717) is 4.87 Å². The molecule has 0 spiro atoms. The molecule has 5 nitrogen and oxygen atoms in total. The van der Waals surface area contributed by atoms with E-state index in [0.717, 1.165) is 0 Å².